The van der Waals surface area contributed by atoms with Crippen LogP contribution in [-0.4, -0.2) is 19.6 Å². The van der Waals surface area contributed by atoms with Gasteiger partial charge in [0.15, 0.2) is 0 Å². The molecule has 1 aromatic rings. The predicted molar refractivity (Wildman–Crippen MR) is 68.3 cm³/mol. The van der Waals surface area contributed by atoms with Crippen molar-refractivity contribution in [3.8, 4) is 0 Å². The lowest BCUT2D eigenvalue weighted by Crippen LogP contribution is -2.17. The van der Waals surface area contributed by atoms with Gasteiger partial charge in [0.05, 0.1) is 0 Å². The molecule has 2 N–H and O–H groups in total. The van der Waals surface area contributed by atoms with Gasteiger partial charge in [-0.05, 0) is 50.0 Å². The molecule has 0 spiro atoms. The normalized spacial score (nSPS) is 20.5. The highest BCUT2D eigenvalue weighted by atomic mass is 79.9. The second-order valence-corrected chi connectivity index (χ2v) is 5.11. The van der Waals surface area contributed by atoms with E-state index in [4.69, 9.17) is 0 Å². The highest BCUT2D eigenvalue weighted by Gasteiger charge is 2.13. The first-order valence-corrected chi connectivity index (χ1v) is 6.26. The van der Waals surface area contributed by atoms with E-state index in [1.165, 1.54) is 24.2 Å². The van der Waals surface area contributed by atoms with Crippen LogP contribution in [0.2, 0.25) is 0 Å². The summed E-state index contributed by atoms with van der Waals surface area (Å²) in [7, 11) is 0. The van der Waals surface area contributed by atoms with Crippen molar-refractivity contribution in [1.29, 1.82) is 0 Å². The van der Waals surface area contributed by atoms with Crippen molar-refractivity contribution < 1.29 is 0 Å². The Balaban J connectivity index is 1.94. The van der Waals surface area contributed by atoms with E-state index in [2.05, 4.69) is 51.7 Å². The Bertz CT molecular complexity index is 332. The summed E-state index contributed by atoms with van der Waals surface area (Å²) in [4.78, 5) is 0. The Morgan fingerprint density at radius 3 is 3.13 bits per heavy atom. The maximum atomic E-state index is 3.53. The molecule has 1 atom stereocenters. The lowest BCUT2D eigenvalue weighted by molar-refractivity contribution is 0.615. The molecule has 1 unspecified atom stereocenters. The van der Waals surface area contributed by atoms with E-state index in [0.29, 0.717) is 0 Å². The zero-order valence-electron chi connectivity index (χ0n) is 9.02. The van der Waals surface area contributed by atoms with E-state index in [9.17, 15) is 0 Å². The van der Waals surface area contributed by atoms with Gasteiger partial charge in [0.1, 0.15) is 0 Å². The molecule has 0 aliphatic carbocycles. The number of aryl methyl sites for hydroxylation is 1. The van der Waals surface area contributed by atoms with Crippen molar-refractivity contribution in [1.82, 2.24) is 5.32 Å². The van der Waals surface area contributed by atoms with E-state index in [1.807, 2.05) is 0 Å². The van der Waals surface area contributed by atoms with Gasteiger partial charge in [-0.1, -0.05) is 22.0 Å². The molecule has 2 rings (SSSR count). The van der Waals surface area contributed by atoms with Crippen LogP contribution < -0.4 is 10.6 Å². The minimum absolute atomic E-state index is 0.781. The summed E-state index contributed by atoms with van der Waals surface area (Å²) in [5.74, 6) is 0.781. The van der Waals surface area contributed by atoms with Crippen molar-refractivity contribution in [2.24, 2.45) is 5.92 Å². The average molecular weight is 269 g/mol. The molecule has 0 amide bonds. The van der Waals surface area contributed by atoms with Gasteiger partial charge in [-0.25, -0.2) is 0 Å². The van der Waals surface area contributed by atoms with Crippen LogP contribution in [0.4, 0.5) is 5.69 Å². The second-order valence-electron chi connectivity index (χ2n) is 4.20. The lowest BCUT2D eigenvalue weighted by Gasteiger charge is -2.13. The fourth-order valence-electron chi connectivity index (χ4n) is 1.93. The third kappa shape index (κ3) is 2.95. The molecular weight excluding hydrogens is 252 g/mol. The monoisotopic (exact) mass is 268 g/mol. The smallest absolute Gasteiger partial charge is 0.0381 e. The van der Waals surface area contributed by atoms with Crippen LogP contribution in [0, 0.1) is 12.8 Å². The molecule has 1 heterocycles. The third-order valence-electron chi connectivity index (χ3n) is 2.94. The molecule has 82 valence electrons. The topological polar surface area (TPSA) is 24.1 Å². The van der Waals surface area contributed by atoms with E-state index in [1.54, 1.807) is 0 Å². The molecule has 0 radical (unpaired) electrons. The first kappa shape index (κ1) is 11.0. The number of rotatable bonds is 3. The van der Waals surface area contributed by atoms with Crippen molar-refractivity contribution in [2.45, 2.75) is 13.3 Å². The summed E-state index contributed by atoms with van der Waals surface area (Å²) in [6.45, 7) is 5.54. The largest absolute Gasteiger partial charge is 0.384 e. The van der Waals surface area contributed by atoms with Crippen LogP contribution >= 0.6 is 15.9 Å². The minimum Gasteiger partial charge on any atom is -0.384 e. The predicted octanol–water partition coefficient (Wildman–Crippen LogP) is 2.78. The molecule has 2 nitrogen and oxygen atoms in total. The van der Waals surface area contributed by atoms with E-state index in [-0.39, 0.29) is 0 Å². The summed E-state index contributed by atoms with van der Waals surface area (Å²) < 4.78 is 1.14. The molecule has 1 aromatic carbocycles. The lowest BCUT2D eigenvalue weighted by atomic mass is 10.1. The van der Waals surface area contributed by atoms with Crippen LogP contribution in [0.15, 0.2) is 22.7 Å². The number of nitrogens with one attached hydrogen (secondary N) is 2. The van der Waals surface area contributed by atoms with Crippen LogP contribution in [0.5, 0.6) is 0 Å². The number of anilines is 1. The summed E-state index contributed by atoms with van der Waals surface area (Å²) in [6, 6.07) is 6.37. The number of benzene rings is 1. The number of hydrogen-bond donors (Lipinski definition) is 2. The Labute approximate surface area is 99.6 Å². The molecule has 1 fully saturated rings. The molecule has 0 bridgehead atoms. The molecule has 3 heteroatoms. The highest BCUT2D eigenvalue weighted by Crippen LogP contribution is 2.21. The molecule has 0 saturated carbocycles. The number of hydrogen-bond acceptors (Lipinski definition) is 2. The van der Waals surface area contributed by atoms with Gasteiger partial charge in [0, 0.05) is 16.7 Å². The summed E-state index contributed by atoms with van der Waals surface area (Å²) in [5.41, 5.74) is 2.56. The van der Waals surface area contributed by atoms with E-state index >= 15 is 0 Å². The molecule has 1 saturated heterocycles. The van der Waals surface area contributed by atoms with Crippen molar-refractivity contribution in [3.05, 3.63) is 28.2 Å². The van der Waals surface area contributed by atoms with Crippen molar-refractivity contribution in [2.75, 3.05) is 25.0 Å². The highest BCUT2D eigenvalue weighted by molar-refractivity contribution is 9.10. The standard InChI is InChI=1S/C12H17BrN2/c1-9-2-3-11(13)6-12(9)15-8-10-4-5-14-7-10/h2-3,6,10,14-15H,4-5,7-8H2,1H3. The minimum atomic E-state index is 0.781. The summed E-state index contributed by atoms with van der Waals surface area (Å²) in [6.07, 6.45) is 1.29. The van der Waals surface area contributed by atoms with Crippen LogP contribution in [0.25, 0.3) is 0 Å². The maximum absolute atomic E-state index is 3.53. The number of halogens is 1. The molecule has 0 aromatic heterocycles. The first-order chi connectivity index (χ1) is 7.25. The van der Waals surface area contributed by atoms with Gasteiger partial charge in [-0.3, -0.25) is 0 Å². The molecule has 1 aliphatic heterocycles. The third-order valence-corrected chi connectivity index (χ3v) is 3.44. The average Bonchev–Trinajstić information content (AvgIpc) is 2.72. The Hall–Kier alpha value is -0.540. The fourth-order valence-corrected chi connectivity index (χ4v) is 2.29. The summed E-state index contributed by atoms with van der Waals surface area (Å²) in [5, 5.41) is 6.91. The van der Waals surface area contributed by atoms with Gasteiger partial charge >= 0.3 is 0 Å². The van der Waals surface area contributed by atoms with Gasteiger partial charge in [0.25, 0.3) is 0 Å². The van der Waals surface area contributed by atoms with Gasteiger partial charge in [-0.2, -0.15) is 0 Å². The van der Waals surface area contributed by atoms with Crippen molar-refractivity contribution >= 4 is 21.6 Å². The van der Waals surface area contributed by atoms with Gasteiger partial charge in [-0.15, -0.1) is 0 Å². The Morgan fingerprint density at radius 1 is 1.53 bits per heavy atom. The molecule has 1 aliphatic rings. The summed E-state index contributed by atoms with van der Waals surface area (Å²) >= 11 is 3.50. The van der Waals surface area contributed by atoms with Crippen LogP contribution in [0.3, 0.4) is 0 Å². The van der Waals surface area contributed by atoms with Crippen LogP contribution in [0.1, 0.15) is 12.0 Å². The SMILES string of the molecule is Cc1ccc(Br)cc1NCC1CCNC1. The zero-order valence-corrected chi connectivity index (χ0v) is 10.6. The Kier molecular flexibility index (Phi) is 3.65. The van der Waals surface area contributed by atoms with E-state index in [0.717, 1.165) is 23.5 Å². The first-order valence-electron chi connectivity index (χ1n) is 5.46. The quantitative estimate of drug-likeness (QED) is 0.881. The molecule has 15 heavy (non-hydrogen) atoms. The second kappa shape index (κ2) is 4.99. The van der Waals surface area contributed by atoms with Gasteiger partial charge in [0.2, 0.25) is 0 Å². The van der Waals surface area contributed by atoms with E-state index < -0.39 is 0 Å². The fraction of sp³-hybridized carbons (Fsp3) is 0.500. The van der Waals surface area contributed by atoms with Crippen LogP contribution in [-0.2, 0) is 0 Å². The molecular formula is C12H17BrN2. The van der Waals surface area contributed by atoms with Crippen molar-refractivity contribution in [3.63, 3.8) is 0 Å². The van der Waals surface area contributed by atoms with Gasteiger partial charge < -0.3 is 10.6 Å². The maximum Gasteiger partial charge on any atom is 0.0381 e. The zero-order chi connectivity index (χ0) is 10.7. The Morgan fingerprint density at radius 2 is 2.40 bits per heavy atom.